The number of amides is 3. The summed E-state index contributed by atoms with van der Waals surface area (Å²) in [6, 6.07) is 0. The molecule has 9 nitrogen and oxygen atoms in total. The van der Waals surface area contributed by atoms with Crippen LogP contribution in [0.25, 0.3) is 0 Å². The van der Waals surface area contributed by atoms with Gasteiger partial charge in [-0.15, -0.1) is 16.9 Å². The number of ether oxygens (including phenoxy) is 2. The summed E-state index contributed by atoms with van der Waals surface area (Å²) in [6.45, 7) is 0.944. The van der Waals surface area contributed by atoms with Crippen LogP contribution in [0.15, 0.2) is 0 Å². The highest BCUT2D eigenvalue weighted by molar-refractivity contribution is 6.01. The largest absolute Gasteiger partial charge is 0.449 e. The Kier molecular flexibility index (Phi) is 7.47. The molecular formula is C20H26N2O7. The smallest absolute Gasteiger partial charge is 0.407 e. The number of carbonyl (C=O) groups is 4. The number of fused-ring (bicyclic) bond motifs is 1. The van der Waals surface area contributed by atoms with E-state index < -0.39 is 23.9 Å². The average Bonchev–Trinajstić information content (AvgIpc) is 3.23. The summed E-state index contributed by atoms with van der Waals surface area (Å²) in [4.78, 5) is 50.7. The van der Waals surface area contributed by atoms with E-state index in [-0.39, 0.29) is 39.0 Å². The second kappa shape index (κ2) is 10.3. The van der Waals surface area contributed by atoms with Crippen LogP contribution in [0.2, 0.25) is 0 Å². The average molecular weight is 406 g/mol. The maximum absolute atomic E-state index is 11.8. The first-order chi connectivity index (χ1) is 14.1. The minimum absolute atomic E-state index is 0.0548. The molecule has 3 aliphatic rings. The second-order valence-electron chi connectivity index (χ2n) is 7.36. The summed E-state index contributed by atoms with van der Waals surface area (Å²) >= 11 is 0. The van der Waals surface area contributed by atoms with E-state index in [1.54, 1.807) is 0 Å². The van der Waals surface area contributed by atoms with Crippen LogP contribution in [0.1, 0.15) is 44.9 Å². The van der Waals surface area contributed by atoms with Crippen molar-refractivity contribution in [1.29, 1.82) is 0 Å². The second-order valence-corrected chi connectivity index (χ2v) is 7.36. The van der Waals surface area contributed by atoms with Crippen LogP contribution in [0.4, 0.5) is 4.79 Å². The van der Waals surface area contributed by atoms with E-state index in [1.165, 1.54) is 0 Å². The van der Waals surface area contributed by atoms with Crippen LogP contribution in [-0.2, 0) is 28.7 Å². The highest BCUT2D eigenvalue weighted by Gasteiger charge is 2.49. The fourth-order valence-electron chi connectivity index (χ4n) is 3.79. The van der Waals surface area contributed by atoms with Gasteiger partial charge in [-0.1, -0.05) is 0 Å². The summed E-state index contributed by atoms with van der Waals surface area (Å²) in [5, 5.41) is 3.11. The van der Waals surface area contributed by atoms with Gasteiger partial charge in [0.1, 0.15) is 0 Å². The van der Waals surface area contributed by atoms with Crippen molar-refractivity contribution in [3.63, 3.8) is 0 Å². The molecule has 9 heteroatoms. The van der Waals surface area contributed by atoms with Gasteiger partial charge >= 0.3 is 12.1 Å². The third-order valence-corrected chi connectivity index (χ3v) is 5.41. The first kappa shape index (κ1) is 21.1. The number of hydroxylamine groups is 2. The van der Waals surface area contributed by atoms with Crippen molar-refractivity contribution in [2.24, 2.45) is 17.8 Å². The van der Waals surface area contributed by atoms with Crippen molar-refractivity contribution < 1.29 is 33.5 Å². The number of nitrogens with one attached hydrogen (secondary N) is 1. The summed E-state index contributed by atoms with van der Waals surface area (Å²) in [5.74, 6) is 6.27. The maximum Gasteiger partial charge on any atom is 0.407 e. The molecule has 0 spiro atoms. The molecule has 29 heavy (non-hydrogen) atoms. The summed E-state index contributed by atoms with van der Waals surface area (Å²) < 4.78 is 10.5. The Morgan fingerprint density at radius 3 is 2.34 bits per heavy atom. The van der Waals surface area contributed by atoms with E-state index in [0.29, 0.717) is 29.4 Å². The highest BCUT2D eigenvalue weighted by Crippen LogP contribution is 2.52. The zero-order chi connectivity index (χ0) is 20.6. The molecule has 158 valence electrons. The number of rotatable bonds is 9. The van der Waals surface area contributed by atoms with E-state index >= 15 is 0 Å². The molecule has 1 N–H and O–H groups in total. The molecule has 2 atom stereocenters. The summed E-state index contributed by atoms with van der Waals surface area (Å²) in [7, 11) is 0. The fraction of sp³-hybridized carbons (Fsp3) is 0.700. The van der Waals surface area contributed by atoms with Gasteiger partial charge in [0, 0.05) is 32.2 Å². The van der Waals surface area contributed by atoms with Gasteiger partial charge in [-0.05, 0) is 30.6 Å². The molecule has 3 amide bonds. The zero-order valence-electron chi connectivity index (χ0n) is 16.3. The molecule has 0 aromatic heterocycles. The zero-order valence-corrected chi connectivity index (χ0v) is 16.3. The molecule has 1 saturated carbocycles. The van der Waals surface area contributed by atoms with Crippen LogP contribution < -0.4 is 5.32 Å². The lowest BCUT2D eigenvalue weighted by molar-refractivity contribution is -0.198. The molecule has 2 fully saturated rings. The Morgan fingerprint density at radius 1 is 1.03 bits per heavy atom. The van der Waals surface area contributed by atoms with E-state index in [4.69, 9.17) is 14.3 Å². The first-order valence-corrected chi connectivity index (χ1v) is 10.1. The molecule has 1 heterocycles. The van der Waals surface area contributed by atoms with Crippen LogP contribution in [-0.4, -0.2) is 55.3 Å². The Balaban J connectivity index is 1.18. The van der Waals surface area contributed by atoms with Crippen LogP contribution in [0.3, 0.4) is 0 Å². The molecule has 1 saturated heterocycles. The quantitative estimate of drug-likeness (QED) is 0.347. The van der Waals surface area contributed by atoms with E-state index in [2.05, 4.69) is 17.2 Å². The third kappa shape index (κ3) is 6.19. The van der Waals surface area contributed by atoms with E-state index in [9.17, 15) is 19.2 Å². The topological polar surface area (TPSA) is 111 Å². The molecule has 2 unspecified atom stereocenters. The van der Waals surface area contributed by atoms with Gasteiger partial charge in [-0.25, -0.2) is 9.59 Å². The Morgan fingerprint density at radius 2 is 1.69 bits per heavy atom. The van der Waals surface area contributed by atoms with Crippen LogP contribution in [0, 0.1) is 29.6 Å². The minimum Gasteiger partial charge on any atom is -0.449 e. The lowest BCUT2D eigenvalue weighted by Crippen LogP contribution is -2.32. The standard InChI is InChI=1S/C20H26N2O7/c23-17-7-8-18(24)22(17)29-19(25)9-11-27-12-10-21-20(26)28-13-16-14-5-3-1-2-4-6-15(14)16/h14-16H,3-13H2,(H,21,26). The molecule has 0 aromatic rings. The number of carbonyl (C=O) groups excluding carboxylic acids is 4. The van der Waals surface area contributed by atoms with Crippen molar-refractivity contribution in [2.75, 3.05) is 26.4 Å². The normalized spacial score (nSPS) is 25.2. The number of nitrogens with zero attached hydrogens (tertiary/aromatic N) is 1. The van der Waals surface area contributed by atoms with Crippen molar-refractivity contribution in [3.05, 3.63) is 0 Å². The van der Waals surface area contributed by atoms with Gasteiger partial charge in [0.15, 0.2) is 0 Å². The maximum atomic E-state index is 11.8. The molecular weight excluding hydrogens is 380 g/mol. The van der Waals surface area contributed by atoms with Gasteiger partial charge in [0.05, 0.1) is 26.2 Å². The lowest BCUT2D eigenvalue weighted by Gasteiger charge is -2.12. The molecule has 0 aromatic carbocycles. The van der Waals surface area contributed by atoms with Gasteiger partial charge in [-0.3, -0.25) is 9.59 Å². The Hall–Kier alpha value is -2.60. The first-order valence-electron chi connectivity index (χ1n) is 10.1. The lowest BCUT2D eigenvalue weighted by atomic mass is 10.1. The molecule has 0 radical (unpaired) electrons. The van der Waals surface area contributed by atoms with Crippen molar-refractivity contribution in [1.82, 2.24) is 10.4 Å². The van der Waals surface area contributed by atoms with Gasteiger partial charge < -0.3 is 19.6 Å². The summed E-state index contributed by atoms with van der Waals surface area (Å²) in [5.41, 5.74) is 0. The van der Waals surface area contributed by atoms with Gasteiger partial charge in [0.2, 0.25) is 0 Å². The van der Waals surface area contributed by atoms with Crippen molar-refractivity contribution >= 4 is 23.9 Å². The molecule has 3 rings (SSSR count). The van der Waals surface area contributed by atoms with E-state index in [1.807, 2.05) is 0 Å². The SMILES string of the molecule is O=C(CCOCCNC(=O)OCC1C2CCC#CCCC21)ON1C(=O)CCC1=O. The number of hydrogen-bond acceptors (Lipinski definition) is 7. The highest BCUT2D eigenvalue weighted by atomic mass is 16.7. The van der Waals surface area contributed by atoms with Gasteiger partial charge in [-0.2, -0.15) is 0 Å². The monoisotopic (exact) mass is 406 g/mol. The Bertz CT molecular complexity index is 677. The molecule has 1 aliphatic heterocycles. The number of alkyl carbamates (subject to hydrolysis) is 1. The van der Waals surface area contributed by atoms with Crippen molar-refractivity contribution in [2.45, 2.75) is 44.9 Å². The third-order valence-electron chi connectivity index (χ3n) is 5.41. The molecule has 0 bridgehead atoms. The van der Waals surface area contributed by atoms with Crippen LogP contribution in [0.5, 0.6) is 0 Å². The predicted molar refractivity (Wildman–Crippen MR) is 98.7 cm³/mol. The Labute approximate surface area is 169 Å². The minimum atomic E-state index is -0.719. The van der Waals surface area contributed by atoms with E-state index in [0.717, 1.165) is 25.7 Å². The van der Waals surface area contributed by atoms with Crippen molar-refractivity contribution in [3.8, 4) is 11.8 Å². The molecule has 2 aliphatic carbocycles. The summed E-state index contributed by atoms with van der Waals surface area (Å²) in [6.07, 6.45) is 3.57. The number of imide groups is 1. The number of hydrogen-bond donors (Lipinski definition) is 1. The predicted octanol–water partition coefficient (Wildman–Crippen LogP) is 1.17. The van der Waals surface area contributed by atoms with Gasteiger partial charge in [0.25, 0.3) is 11.8 Å². The fourth-order valence-corrected chi connectivity index (χ4v) is 3.79. The van der Waals surface area contributed by atoms with Crippen LogP contribution >= 0.6 is 0 Å².